The van der Waals surface area contributed by atoms with Crippen LogP contribution in [0, 0.1) is 5.92 Å². The van der Waals surface area contributed by atoms with Crippen molar-refractivity contribution in [3.8, 4) is 5.75 Å². The van der Waals surface area contributed by atoms with Gasteiger partial charge >= 0.3 is 5.97 Å². The van der Waals surface area contributed by atoms with Gasteiger partial charge in [-0.2, -0.15) is 0 Å². The number of benzene rings is 1. The van der Waals surface area contributed by atoms with Crippen molar-refractivity contribution in [2.75, 3.05) is 13.2 Å². The smallest absolute Gasteiger partial charge is 0.317 e. The standard InChI is InChI=1S/C16H19BrN2O3S/c1-4-19-15(23)18-13-10-8-9(17)6-7-11(10)22-16(19,3)12(13)14(20)21-5-2/h6-8,12-13H,4-5H2,1-3H3,(H,18,23). The van der Waals surface area contributed by atoms with Crippen LogP contribution < -0.4 is 10.1 Å². The number of carbonyl (C=O) groups excluding carboxylic acids is 1. The van der Waals surface area contributed by atoms with Crippen LogP contribution in [0.4, 0.5) is 0 Å². The quantitative estimate of drug-likeness (QED) is 0.623. The lowest BCUT2D eigenvalue weighted by Gasteiger charge is -2.55. The predicted molar refractivity (Wildman–Crippen MR) is 94.2 cm³/mol. The van der Waals surface area contributed by atoms with Crippen molar-refractivity contribution >= 4 is 39.2 Å². The summed E-state index contributed by atoms with van der Waals surface area (Å²) >= 11 is 8.97. The van der Waals surface area contributed by atoms with E-state index in [4.69, 9.17) is 21.7 Å². The lowest BCUT2D eigenvalue weighted by molar-refractivity contribution is -0.174. The fourth-order valence-corrected chi connectivity index (χ4v) is 4.29. The molecule has 0 spiro atoms. The molecule has 23 heavy (non-hydrogen) atoms. The van der Waals surface area contributed by atoms with Gasteiger partial charge in [0.2, 0.25) is 0 Å². The Hall–Kier alpha value is -1.34. The summed E-state index contributed by atoms with van der Waals surface area (Å²) < 4.78 is 12.5. The monoisotopic (exact) mass is 398 g/mol. The zero-order valence-corrected chi connectivity index (χ0v) is 15.7. The van der Waals surface area contributed by atoms with Crippen LogP contribution in [0.15, 0.2) is 22.7 Å². The van der Waals surface area contributed by atoms with Crippen LogP contribution in [0.5, 0.6) is 5.75 Å². The second kappa shape index (κ2) is 5.94. The highest BCUT2D eigenvalue weighted by molar-refractivity contribution is 9.10. The van der Waals surface area contributed by atoms with Crippen LogP contribution in [0.2, 0.25) is 0 Å². The Morgan fingerprint density at radius 1 is 1.52 bits per heavy atom. The number of hydrogen-bond acceptors (Lipinski definition) is 4. The highest BCUT2D eigenvalue weighted by atomic mass is 79.9. The molecule has 0 aromatic heterocycles. The highest BCUT2D eigenvalue weighted by Gasteiger charge is 2.58. The summed E-state index contributed by atoms with van der Waals surface area (Å²) in [5.41, 5.74) is 0.0440. The molecule has 1 N–H and O–H groups in total. The first kappa shape index (κ1) is 16.5. The van der Waals surface area contributed by atoms with Gasteiger partial charge in [-0.15, -0.1) is 0 Å². The molecule has 1 aromatic carbocycles. The lowest BCUT2D eigenvalue weighted by atomic mass is 9.79. The van der Waals surface area contributed by atoms with Gasteiger partial charge in [-0.05, 0) is 51.2 Å². The van der Waals surface area contributed by atoms with Gasteiger partial charge in [0.05, 0.1) is 12.6 Å². The van der Waals surface area contributed by atoms with Crippen molar-refractivity contribution in [3.63, 3.8) is 0 Å². The Labute approximate surface area is 149 Å². The molecule has 1 fully saturated rings. The Balaban J connectivity index is 2.15. The van der Waals surface area contributed by atoms with Crippen LogP contribution in [0.3, 0.4) is 0 Å². The third-order valence-corrected chi connectivity index (χ3v) is 5.28. The number of fused-ring (bicyclic) bond motifs is 4. The zero-order valence-electron chi connectivity index (χ0n) is 13.3. The Morgan fingerprint density at radius 2 is 2.26 bits per heavy atom. The zero-order chi connectivity index (χ0) is 16.8. The summed E-state index contributed by atoms with van der Waals surface area (Å²) in [4.78, 5) is 14.6. The van der Waals surface area contributed by atoms with Crippen molar-refractivity contribution in [2.45, 2.75) is 32.5 Å². The second-order valence-corrected chi connectivity index (χ2v) is 7.04. The maximum absolute atomic E-state index is 12.7. The summed E-state index contributed by atoms with van der Waals surface area (Å²) in [6.07, 6.45) is 0. The van der Waals surface area contributed by atoms with E-state index in [1.54, 1.807) is 6.92 Å². The van der Waals surface area contributed by atoms with E-state index in [1.165, 1.54) is 0 Å². The predicted octanol–water partition coefficient (Wildman–Crippen LogP) is 2.99. The minimum atomic E-state index is -0.866. The SMILES string of the molecule is CCOC(=O)C1C2NC(=S)N(CC)C1(C)Oc1ccc(Br)cc12. The number of ether oxygens (including phenoxy) is 2. The summed E-state index contributed by atoms with van der Waals surface area (Å²) in [6, 6.07) is 5.53. The maximum Gasteiger partial charge on any atom is 0.317 e. The molecule has 3 unspecified atom stereocenters. The number of esters is 1. The molecule has 2 heterocycles. The highest BCUT2D eigenvalue weighted by Crippen LogP contribution is 2.49. The van der Waals surface area contributed by atoms with Gasteiger partial charge in [-0.3, -0.25) is 4.79 Å². The molecular formula is C16H19BrN2O3S. The molecule has 3 rings (SSSR count). The summed E-state index contributed by atoms with van der Waals surface area (Å²) in [5, 5.41) is 3.89. The fourth-order valence-electron chi connectivity index (χ4n) is 3.47. The van der Waals surface area contributed by atoms with Crippen LogP contribution in [0.1, 0.15) is 32.4 Å². The summed E-state index contributed by atoms with van der Waals surface area (Å²) in [6.45, 7) is 6.67. The first-order chi connectivity index (χ1) is 10.9. The van der Waals surface area contributed by atoms with Gasteiger partial charge in [0.25, 0.3) is 0 Å². The Bertz CT molecular complexity index is 669. The van der Waals surface area contributed by atoms with Crippen molar-refractivity contribution in [1.29, 1.82) is 0 Å². The molecule has 0 amide bonds. The van der Waals surface area contributed by atoms with Crippen molar-refractivity contribution < 1.29 is 14.3 Å². The lowest BCUT2D eigenvalue weighted by Crippen LogP contribution is -2.71. The molecule has 0 aliphatic carbocycles. The molecule has 7 heteroatoms. The number of nitrogens with one attached hydrogen (secondary N) is 1. The second-order valence-electron chi connectivity index (χ2n) is 5.74. The summed E-state index contributed by atoms with van der Waals surface area (Å²) in [5.74, 6) is -0.0235. The minimum Gasteiger partial charge on any atom is -0.467 e. The molecule has 1 aromatic rings. The van der Waals surface area contributed by atoms with Crippen LogP contribution in [-0.4, -0.2) is 34.9 Å². The molecule has 0 radical (unpaired) electrons. The minimum absolute atomic E-state index is 0.268. The molecule has 1 saturated heterocycles. The van der Waals surface area contributed by atoms with E-state index in [-0.39, 0.29) is 12.0 Å². The number of hydrogen-bond donors (Lipinski definition) is 1. The van der Waals surface area contributed by atoms with Gasteiger partial charge in [0, 0.05) is 16.6 Å². The van der Waals surface area contributed by atoms with E-state index in [0.29, 0.717) is 18.3 Å². The third kappa shape index (κ3) is 2.50. The van der Waals surface area contributed by atoms with E-state index in [1.807, 2.05) is 36.9 Å². The average Bonchev–Trinajstić information content (AvgIpc) is 2.48. The molecule has 2 aliphatic rings. The van der Waals surface area contributed by atoms with E-state index in [2.05, 4.69) is 21.2 Å². The Kier molecular flexibility index (Phi) is 4.27. The largest absolute Gasteiger partial charge is 0.467 e. The Morgan fingerprint density at radius 3 is 2.91 bits per heavy atom. The molecule has 2 aliphatic heterocycles. The number of halogens is 1. The molecule has 5 nitrogen and oxygen atoms in total. The number of thiocarbonyl (C=S) groups is 1. The van der Waals surface area contributed by atoms with Crippen LogP contribution >= 0.6 is 28.1 Å². The van der Waals surface area contributed by atoms with Gasteiger partial charge in [0.1, 0.15) is 11.7 Å². The van der Waals surface area contributed by atoms with E-state index in [9.17, 15) is 4.79 Å². The van der Waals surface area contributed by atoms with Gasteiger partial charge in [0.15, 0.2) is 10.8 Å². The van der Waals surface area contributed by atoms with Gasteiger partial charge in [-0.1, -0.05) is 15.9 Å². The van der Waals surface area contributed by atoms with E-state index >= 15 is 0 Å². The van der Waals surface area contributed by atoms with Crippen LogP contribution in [0.25, 0.3) is 0 Å². The fraction of sp³-hybridized carbons (Fsp3) is 0.500. The van der Waals surface area contributed by atoms with Gasteiger partial charge in [-0.25, -0.2) is 0 Å². The van der Waals surface area contributed by atoms with E-state index < -0.39 is 11.6 Å². The van der Waals surface area contributed by atoms with E-state index in [0.717, 1.165) is 15.8 Å². The normalized spacial score (nSPS) is 28.5. The molecule has 0 saturated carbocycles. The number of carbonyl (C=O) groups is 1. The molecule has 124 valence electrons. The molecule has 2 bridgehead atoms. The van der Waals surface area contributed by atoms with Crippen molar-refractivity contribution in [2.24, 2.45) is 5.92 Å². The summed E-state index contributed by atoms with van der Waals surface area (Å²) in [7, 11) is 0. The van der Waals surface area contributed by atoms with Crippen molar-refractivity contribution in [1.82, 2.24) is 10.2 Å². The van der Waals surface area contributed by atoms with Crippen molar-refractivity contribution in [3.05, 3.63) is 28.2 Å². The number of nitrogens with zero attached hydrogens (tertiary/aromatic N) is 1. The third-order valence-electron chi connectivity index (χ3n) is 4.45. The topological polar surface area (TPSA) is 50.8 Å². The first-order valence-electron chi connectivity index (χ1n) is 7.65. The molecular weight excluding hydrogens is 380 g/mol. The number of rotatable bonds is 3. The molecule has 3 atom stereocenters. The average molecular weight is 399 g/mol. The van der Waals surface area contributed by atoms with Gasteiger partial charge < -0.3 is 19.7 Å². The van der Waals surface area contributed by atoms with Crippen LogP contribution in [-0.2, 0) is 9.53 Å². The first-order valence-corrected chi connectivity index (χ1v) is 8.85. The maximum atomic E-state index is 12.7.